The summed E-state index contributed by atoms with van der Waals surface area (Å²) in [6.07, 6.45) is 2.79. The maximum Gasteiger partial charge on any atom is 0.142 e. The van der Waals surface area contributed by atoms with Crippen LogP contribution in [0.25, 0.3) is 0 Å². The predicted octanol–water partition coefficient (Wildman–Crippen LogP) is 2.57. The van der Waals surface area contributed by atoms with E-state index in [4.69, 9.17) is 10.00 Å². The fraction of sp³-hybridized carbons (Fsp3) is 0.600. The van der Waals surface area contributed by atoms with Crippen molar-refractivity contribution >= 4 is 0 Å². The van der Waals surface area contributed by atoms with Gasteiger partial charge in [-0.2, -0.15) is 5.26 Å². The maximum atomic E-state index is 8.82. The summed E-state index contributed by atoms with van der Waals surface area (Å²) < 4.78 is 5.92. The van der Waals surface area contributed by atoms with Crippen molar-refractivity contribution in [3.8, 4) is 11.8 Å². The van der Waals surface area contributed by atoms with Gasteiger partial charge in [-0.1, -0.05) is 6.92 Å². The number of pyridine rings is 1. The number of rotatable bonds is 7. The first-order chi connectivity index (χ1) is 9.19. The molecule has 1 saturated carbocycles. The van der Waals surface area contributed by atoms with Crippen molar-refractivity contribution in [2.45, 2.75) is 39.7 Å². The van der Waals surface area contributed by atoms with E-state index in [9.17, 15) is 0 Å². The quantitative estimate of drug-likeness (QED) is 0.817. The molecule has 0 atom stereocenters. The van der Waals surface area contributed by atoms with Gasteiger partial charge in [0.15, 0.2) is 0 Å². The molecular weight excluding hydrogens is 238 g/mol. The molecular formula is C15H21N3O. The molecule has 0 saturated heterocycles. The van der Waals surface area contributed by atoms with Crippen molar-refractivity contribution in [2.24, 2.45) is 5.41 Å². The zero-order valence-electron chi connectivity index (χ0n) is 11.7. The first kappa shape index (κ1) is 13.8. The smallest absolute Gasteiger partial charge is 0.142 e. The predicted molar refractivity (Wildman–Crippen MR) is 73.7 cm³/mol. The molecule has 1 aromatic heterocycles. The van der Waals surface area contributed by atoms with E-state index in [1.165, 1.54) is 0 Å². The zero-order valence-corrected chi connectivity index (χ0v) is 11.7. The molecule has 0 spiro atoms. The zero-order chi connectivity index (χ0) is 13.7. The Bertz CT molecular complexity index is 475. The van der Waals surface area contributed by atoms with Gasteiger partial charge in [0.25, 0.3) is 0 Å². The molecule has 4 nitrogen and oxygen atoms in total. The molecule has 19 heavy (non-hydrogen) atoms. The summed E-state index contributed by atoms with van der Waals surface area (Å²) in [5, 5.41) is 12.1. The molecule has 1 aliphatic rings. The SMILES string of the molecule is CCNCc1nc(C)ccc1OCC1(CC#N)CC1. The van der Waals surface area contributed by atoms with E-state index in [-0.39, 0.29) is 5.41 Å². The van der Waals surface area contributed by atoms with Crippen LogP contribution in [0.4, 0.5) is 0 Å². The number of nitriles is 1. The van der Waals surface area contributed by atoms with Crippen LogP contribution in [0.15, 0.2) is 12.1 Å². The molecule has 0 amide bonds. The summed E-state index contributed by atoms with van der Waals surface area (Å²) in [5.74, 6) is 0.843. The third-order valence-corrected chi connectivity index (χ3v) is 3.56. The molecule has 0 bridgehead atoms. The van der Waals surface area contributed by atoms with Crippen LogP contribution in [0.2, 0.25) is 0 Å². The van der Waals surface area contributed by atoms with Gasteiger partial charge in [-0.3, -0.25) is 4.98 Å². The van der Waals surface area contributed by atoms with Crippen molar-refractivity contribution in [1.82, 2.24) is 10.3 Å². The van der Waals surface area contributed by atoms with Crippen LogP contribution < -0.4 is 10.1 Å². The van der Waals surface area contributed by atoms with Gasteiger partial charge in [-0.15, -0.1) is 0 Å². The van der Waals surface area contributed by atoms with Crippen molar-refractivity contribution in [3.05, 3.63) is 23.5 Å². The normalized spacial score (nSPS) is 15.8. The van der Waals surface area contributed by atoms with Crippen molar-refractivity contribution < 1.29 is 4.74 Å². The Labute approximate surface area is 114 Å². The Morgan fingerprint density at radius 1 is 1.47 bits per heavy atom. The Morgan fingerprint density at radius 3 is 2.89 bits per heavy atom. The number of ether oxygens (including phenoxy) is 1. The first-order valence-electron chi connectivity index (χ1n) is 6.86. The number of aryl methyl sites for hydroxylation is 1. The lowest BCUT2D eigenvalue weighted by Crippen LogP contribution is -2.17. The molecule has 0 radical (unpaired) electrons. The monoisotopic (exact) mass is 259 g/mol. The van der Waals surface area contributed by atoms with Crippen LogP contribution in [0, 0.1) is 23.7 Å². The molecule has 1 aromatic rings. The molecule has 1 aliphatic carbocycles. The van der Waals surface area contributed by atoms with Gasteiger partial charge in [-0.05, 0) is 38.4 Å². The lowest BCUT2D eigenvalue weighted by atomic mass is 10.1. The standard InChI is InChI=1S/C15H21N3O/c1-3-17-10-13-14(5-4-12(2)18-13)19-11-15(6-7-15)8-9-16/h4-5,17H,3,6-8,10-11H2,1-2H3. The Morgan fingerprint density at radius 2 is 2.26 bits per heavy atom. The van der Waals surface area contributed by atoms with Crippen LogP contribution in [0.1, 0.15) is 37.6 Å². The summed E-state index contributed by atoms with van der Waals surface area (Å²) in [5.41, 5.74) is 2.06. The van der Waals surface area contributed by atoms with Crippen LogP contribution in [0.5, 0.6) is 5.75 Å². The summed E-state index contributed by atoms with van der Waals surface area (Å²) in [7, 11) is 0. The van der Waals surface area contributed by atoms with Gasteiger partial charge in [-0.25, -0.2) is 0 Å². The average Bonchev–Trinajstić information content (AvgIpc) is 3.16. The summed E-state index contributed by atoms with van der Waals surface area (Å²) in [4.78, 5) is 4.53. The summed E-state index contributed by atoms with van der Waals surface area (Å²) in [6.45, 7) is 6.32. The summed E-state index contributed by atoms with van der Waals surface area (Å²) >= 11 is 0. The Balaban J connectivity index is 2.01. The third-order valence-electron chi connectivity index (χ3n) is 3.56. The minimum absolute atomic E-state index is 0.106. The molecule has 0 unspecified atom stereocenters. The Hall–Kier alpha value is -1.60. The minimum Gasteiger partial charge on any atom is -0.491 e. The van der Waals surface area contributed by atoms with E-state index in [1.807, 2.05) is 19.1 Å². The number of hydrogen-bond acceptors (Lipinski definition) is 4. The van der Waals surface area contributed by atoms with Crippen molar-refractivity contribution in [2.75, 3.05) is 13.2 Å². The van der Waals surface area contributed by atoms with Gasteiger partial charge in [0.1, 0.15) is 5.75 Å². The van der Waals surface area contributed by atoms with E-state index >= 15 is 0 Å². The van der Waals surface area contributed by atoms with Gasteiger partial charge >= 0.3 is 0 Å². The highest BCUT2D eigenvalue weighted by atomic mass is 16.5. The van der Waals surface area contributed by atoms with E-state index in [2.05, 4.69) is 23.3 Å². The van der Waals surface area contributed by atoms with Crippen molar-refractivity contribution in [3.63, 3.8) is 0 Å². The summed E-state index contributed by atoms with van der Waals surface area (Å²) in [6, 6.07) is 6.21. The van der Waals surface area contributed by atoms with Crippen LogP contribution in [-0.2, 0) is 6.54 Å². The number of hydrogen-bond donors (Lipinski definition) is 1. The molecule has 0 aliphatic heterocycles. The average molecular weight is 259 g/mol. The molecule has 0 aromatic carbocycles. The second kappa shape index (κ2) is 6.03. The highest BCUT2D eigenvalue weighted by Gasteiger charge is 2.43. The fourth-order valence-corrected chi connectivity index (χ4v) is 2.05. The molecule has 1 fully saturated rings. The second-order valence-corrected chi connectivity index (χ2v) is 5.30. The van der Waals surface area contributed by atoms with Crippen LogP contribution in [-0.4, -0.2) is 18.1 Å². The molecule has 2 rings (SSSR count). The van der Waals surface area contributed by atoms with Gasteiger partial charge in [0.05, 0.1) is 18.4 Å². The topological polar surface area (TPSA) is 57.9 Å². The molecule has 1 N–H and O–H groups in total. The second-order valence-electron chi connectivity index (χ2n) is 5.30. The fourth-order valence-electron chi connectivity index (χ4n) is 2.05. The number of nitrogens with one attached hydrogen (secondary N) is 1. The van der Waals surface area contributed by atoms with Crippen LogP contribution in [0.3, 0.4) is 0 Å². The molecule has 4 heteroatoms. The minimum atomic E-state index is 0.106. The molecule has 1 heterocycles. The van der Waals surface area contributed by atoms with E-state index in [0.29, 0.717) is 13.0 Å². The number of aromatic nitrogens is 1. The largest absolute Gasteiger partial charge is 0.491 e. The molecule has 102 valence electrons. The van der Waals surface area contributed by atoms with Gasteiger partial charge in [0.2, 0.25) is 0 Å². The maximum absolute atomic E-state index is 8.82. The van der Waals surface area contributed by atoms with E-state index in [1.54, 1.807) is 0 Å². The van der Waals surface area contributed by atoms with Gasteiger partial charge < -0.3 is 10.1 Å². The highest BCUT2D eigenvalue weighted by molar-refractivity contribution is 5.29. The lowest BCUT2D eigenvalue weighted by molar-refractivity contribution is 0.233. The van der Waals surface area contributed by atoms with Crippen molar-refractivity contribution in [1.29, 1.82) is 5.26 Å². The van der Waals surface area contributed by atoms with E-state index in [0.717, 1.165) is 43.1 Å². The van der Waals surface area contributed by atoms with Crippen LogP contribution >= 0.6 is 0 Å². The Kier molecular flexibility index (Phi) is 4.39. The highest BCUT2D eigenvalue weighted by Crippen LogP contribution is 2.48. The lowest BCUT2D eigenvalue weighted by Gasteiger charge is -2.15. The number of nitrogens with zero attached hydrogens (tertiary/aromatic N) is 2. The first-order valence-corrected chi connectivity index (χ1v) is 6.86. The van der Waals surface area contributed by atoms with E-state index < -0.39 is 0 Å². The third kappa shape index (κ3) is 3.68. The van der Waals surface area contributed by atoms with Gasteiger partial charge in [0, 0.05) is 24.1 Å².